The molecule has 126 valence electrons. The summed E-state index contributed by atoms with van der Waals surface area (Å²) < 4.78 is 0. The Morgan fingerprint density at radius 1 is 1.00 bits per heavy atom. The largest absolute Gasteiger partial charge is 0.366 e. The molecule has 0 bridgehead atoms. The topological polar surface area (TPSA) is 75.6 Å². The van der Waals surface area contributed by atoms with Crippen molar-refractivity contribution in [1.82, 2.24) is 25.3 Å². The zero-order chi connectivity index (χ0) is 16.9. The fourth-order valence-corrected chi connectivity index (χ4v) is 3.00. The van der Waals surface area contributed by atoms with Crippen molar-refractivity contribution in [2.24, 2.45) is 0 Å². The summed E-state index contributed by atoms with van der Waals surface area (Å²) >= 11 is 0. The lowest BCUT2D eigenvalue weighted by Gasteiger charge is -2.24. The Morgan fingerprint density at radius 2 is 1.92 bits per heavy atom. The Labute approximate surface area is 146 Å². The number of nitrogens with zero attached hydrogens (tertiary/aromatic N) is 4. The second-order valence-corrected chi connectivity index (χ2v) is 6.13. The Balaban J connectivity index is 1.72. The van der Waals surface area contributed by atoms with Crippen LogP contribution in [-0.2, 0) is 0 Å². The molecule has 0 saturated carbocycles. The van der Waals surface area contributed by atoms with Gasteiger partial charge < -0.3 is 10.6 Å². The number of hydrogen-bond acceptors (Lipinski definition) is 6. The molecule has 2 N–H and O–H groups in total. The lowest BCUT2D eigenvalue weighted by molar-refractivity contribution is 0.479. The number of pyridine rings is 2. The highest BCUT2D eigenvalue weighted by molar-refractivity contribution is 5.67. The highest BCUT2D eigenvalue weighted by atomic mass is 15.1. The van der Waals surface area contributed by atoms with Gasteiger partial charge in [0.05, 0.1) is 5.69 Å². The first-order chi connectivity index (χ1) is 12.4. The van der Waals surface area contributed by atoms with Crippen molar-refractivity contribution < 1.29 is 0 Å². The van der Waals surface area contributed by atoms with E-state index >= 15 is 0 Å². The Morgan fingerprint density at radius 3 is 2.68 bits per heavy atom. The first kappa shape index (κ1) is 15.7. The molecule has 25 heavy (non-hydrogen) atoms. The summed E-state index contributed by atoms with van der Waals surface area (Å²) in [6, 6.07) is 10.2. The van der Waals surface area contributed by atoms with Gasteiger partial charge in [-0.15, -0.1) is 0 Å². The molecule has 1 atom stereocenters. The van der Waals surface area contributed by atoms with Gasteiger partial charge in [0.2, 0.25) is 0 Å². The maximum Gasteiger partial charge on any atom is 0.163 e. The van der Waals surface area contributed by atoms with Gasteiger partial charge in [0.25, 0.3) is 0 Å². The van der Waals surface area contributed by atoms with Crippen LogP contribution in [0.25, 0.3) is 22.6 Å². The molecular weight excluding hydrogens is 312 g/mol. The Kier molecular flexibility index (Phi) is 4.61. The van der Waals surface area contributed by atoms with Gasteiger partial charge >= 0.3 is 0 Å². The summed E-state index contributed by atoms with van der Waals surface area (Å²) in [6.45, 7) is 2.04. The molecule has 1 fully saturated rings. The van der Waals surface area contributed by atoms with Crippen molar-refractivity contribution >= 4 is 5.82 Å². The standard InChI is InChI=1S/C19H20N6/c1-3-15(12-21-7-1)19-24-17(14-5-9-20-10-6-14)11-18(25-19)23-16-4-2-8-22-13-16/h1,3,5-7,9-12,16,22H,2,4,8,13H2,(H,23,24,25). The van der Waals surface area contributed by atoms with Gasteiger partial charge in [-0.1, -0.05) is 0 Å². The van der Waals surface area contributed by atoms with Crippen LogP contribution in [-0.4, -0.2) is 39.1 Å². The van der Waals surface area contributed by atoms with Gasteiger partial charge in [0, 0.05) is 54.6 Å². The van der Waals surface area contributed by atoms with Gasteiger partial charge in [-0.2, -0.15) is 0 Å². The number of aromatic nitrogens is 4. The number of anilines is 1. The first-order valence-electron chi connectivity index (χ1n) is 8.55. The maximum atomic E-state index is 4.73. The van der Waals surface area contributed by atoms with Crippen LogP contribution in [0.5, 0.6) is 0 Å². The highest BCUT2D eigenvalue weighted by Crippen LogP contribution is 2.24. The van der Waals surface area contributed by atoms with Crippen LogP contribution in [0.1, 0.15) is 12.8 Å². The number of hydrogen-bond donors (Lipinski definition) is 2. The number of nitrogens with one attached hydrogen (secondary N) is 2. The molecule has 1 aliphatic heterocycles. The predicted octanol–water partition coefficient (Wildman–Crippen LogP) is 2.76. The van der Waals surface area contributed by atoms with Crippen molar-refractivity contribution in [2.45, 2.75) is 18.9 Å². The zero-order valence-corrected chi connectivity index (χ0v) is 13.9. The van der Waals surface area contributed by atoms with Crippen LogP contribution < -0.4 is 10.6 Å². The van der Waals surface area contributed by atoms with E-state index < -0.39 is 0 Å². The van der Waals surface area contributed by atoms with E-state index in [0.717, 1.165) is 42.1 Å². The minimum absolute atomic E-state index is 0.385. The molecule has 1 aliphatic rings. The van der Waals surface area contributed by atoms with Gasteiger partial charge in [-0.05, 0) is 43.7 Å². The van der Waals surface area contributed by atoms with Crippen LogP contribution in [0.3, 0.4) is 0 Å². The molecule has 1 unspecified atom stereocenters. The van der Waals surface area contributed by atoms with E-state index in [0.29, 0.717) is 11.9 Å². The van der Waals surface area contributed by atoms with Crippen LogP contribution in [0, 0.1) is 0 Å². The highest BCUT2D eigenvalue weighted by Gasteiger charge is 2.15. The zero-order valence-electron chi connectivity index (χ0n) is 13.9. The molecule has 1 saturated heterocycles. The maximum absolute atomic E-state index is 4.73. The third-order valence-electron chi connectivity index (χ3n) is 4.27. The van der Waals surface area contributed by atoms with E-state index in [1.165, 1.54) is 6.42 Å². The SMILES string of the molecule is c1cncc(-c2nc(NC3CCCNC3)cc(-c3ccncc3)n2)c1. The summed E-state index contributed by atoms with van der Waals surface area (Å²) in [5.41, 5.74) is 2.80. The minimum atomic E-state index is 0.385. The quantitative estimate of drug-likeness (QED) is 0.765. The van der Waals surface area contributed by atoms with Gasteiger partial charge in [0.15, 0.2) is 5.82 Å². The van der Waals surface area contributed by atoms with Gasteiger partial charge in [-0.3, -0.25) is 9.97 Å². The number of piperidine rings is 1. The third kappa shape index (κ3) is 3.80. The fraction of sp³-hybridized carbons (Fsp3) is 0.263. The van der Waals surface area contributed by atoms with Gasteiger partial charge in [0.1, 0.15) is 5.82 Å². The van der Waals surface area contributed by atoms with Crippen LogP contribution in [0.2, 0.25) is 0 Å². The van der Waals surface area contributed by atoms with E-state index in [9.17, 15) is 0 Å². The van der Waals surface area contributed by atoms with E-state index in [1.54, 1.807) is 24.8 Å². The smallest absolute Gasteiger partial charge is 0.163 e. The lowest BCUT2D eigenvalue weighted by atomic mass is 10.1. The molecule has 6 heteroatoms. The molecule has 3 aromatic heterocycles. The molecule has 0 spiro atoms. The van der Waals surface area contributed by atoms with Gasteiger partial charge in [-0.25, -0.2) is 9.97 Å². The molecule has 4 heterocycles. The average Bonchev–Trinajstić information content (AvgIpc) is 2.70. The van der Waals surface area contributed by atoms with Crippen LogP contribution in [0.15, 0.2) is 55.1 Å². The molecule has 0 aromatic carbocycles. The van der Waals surface area contributed by atoms with E-state index in [2.05, 4.69) is 20.6 Å². The first-order valence-corrected chi connectivity index (χ1v) is 8.55. The van der Waals surface area contributed by atoms with Crippen molar-refractivity contribution in [3.63, 3.8) is 0 Å². The molecule has 4 rings (SSSR count). The van der Waals surface area contributed by atoms with E-state index in [4.69, 9.17) is 9.97 Å². The van der Waals surface area contributed by atoms with Crippen LogP contribution >= 0.6 is 0 Å². The van der Waals surface area contributed by atoms with Crippen LogP contribution in [0.4, 0.5) is 5.82 Å². The lowest BCUT2D eigenvalue weighted by Crippen LogP contribution is -2.38. The minimum Gasteiger partial charge on any atom is -0.366 e. The fourth-order valence-electron chi connectivity index (χ4n) is 3.00. The van der Waals surface area contributed by atoms with Crippen molar-refractivity contribution in [1.29, 1.82) is 0 Å². The average molecular weight is 332 g/mol. The third-order valence-corrected chi connectivity index (χ3v) is 4.27. The Hall–Kier alpha value is -2.86. The molecular formula is C19H20N6. The summed E-state index contributed by atoms with van der Waals surface area (Å²) in [5.74, 6) is 1.52. The summed E-state index contributed by atoms with van der Waals surface area (Å²) in [4.78, 5) is 17.7. The summed E-state index contributed by atoms with van der Waals surface area (Å²) in [6.07, 6.45) is 9.42. The molecule has 6 nitrogen and oxygen atoms in total. The van der Waals surface area contributed by atoms with Crippen molar-refractivity contribution in [3.8, 4) is 22.6 Å². The molecule has 0 radical (unpaired) electrons. The van der Waals surface area contributed by atoms with Crippen molar-refractivity contribution in [2.75, 3.05) is 18.4 Å². The number of rotatable bonds is 4. The summed E-state index contributed by atoms with van der Waals surface area (Å²) in [5, 5.41) is 6.98. The second-order valence-electron chi connectivity index (χ2n) is 6.13. The van der Waals surface area contributed by atoms with E-state index in [1.807, 2.05) is 30.3 Å². The Bertz CT molecular complexity index is 758. The molecule has 3 aromatic rings. The van der Waals surface area contributed by atoms with E-state index in [-0.39, 0.29) is 0 Å². The molecule has 0 amide bonds. The summed E-state index contributed by atoms with van der Waals surface area (Å²) in [7, 11) is 0. The normalized spacial score (nSPS) is 17.2. The molecule has 0 aliphatic carbocycles. The van der Waals surface area contributed by atoms with Crippen molar-refractivity contribution in [3.05, 3.63) is 55.1 Å². The predicted molar refractivity (Wildman–Crippen MR) is 98.0 cm³/mol. The second kappa shape index (κ2) is 7.36. The monoisotopic (exact) mass is 332 g/mol.